The molecule has 1 aliphatic rings. The number of rotatable bonds is 5. The molecule has 1 heterocycles. The maximum absolute atomic E-state index is 12.2. The molecule has 106 valence electrons. The van der Waals surface area contributed by atoms with Crippen molar-refractivity contribution >= 4 is 44.9 Å². The van der Waals surface area contributed by atoms with Gasteiger partial charge in [-0.1, -0.05) is 11.8 Å². The molecule has 0 spiro atoms. The predicted octanol–water partition coefficient (Wildman–Crippen LogP) is 2.98. The van der Waals surface area contributed by atoms with Crippen molar-refractivity contribution in [2.45, 2.75) is 30.1 Å². The fourth-order valence-corrected chi connectivity index (χ4v) is 4.22. The first kappa shape index (κ1) is 13.7. The van der Waals surface area contributed by atoms with E-state index in [4.69, 9.17) is 5.73 Å². The zero-order valence-corrected chi connectivity index (χ0v) is 13.0. The highest BCUT2D eigenvalue weighted by Crippen LogP contribution is 2.32. The van der Waals surface area contributed by atoms with Gasteiger partial charge < -0.3 is 10.6 Å². The van der Waals surface area contributed by atoms with E-state index in [1.165, 1.54) is 11.8 Å². The molecule has 20 heavy (non-hydrogen) atoms. The Morgan fingerprint density at radius 2 is 2.35 bits per heavy atom. The SMILES string of the molecule is CCN(C(=O)CSc1nc2ccc(N)cc2s1)C1CC1. The summed E-state index contributed by atoms with van der Waals surface area (Å²) in [6.45, 7) is 2.85. The molecule has 3 rings (SSSR count). The minimum Gasteiger partial charge on any atom is -0.399 e. The third-order valence-corrected chi connectivity index (χ3v) is 5.51. The van der Waals surface area contributed by atoms with E-state index in [1.807, 2.05) is 30.0 Å². The lowest BCUT2D eigenvalue weighted by atomic mass is 10.3. The first-order chi connectivity index (χ1) is 9.67. The van der Waals surface area contributed by atoms with Gasteiger partial charge in [0.2, 0.25) is 5.91 Å². The maximum Gasteiger partial charge on any atom is 0.233 e. The fourth-order valence-electron chi connectivity index (χ4n) is 2.21. The molecule has 0 bridgehead atoms. The number of hydrogen-bond donors (Lipinski definition) is 1. The van der Waals surface area contributed by atoms with E-state index in [1.54, 1.807) is 11.3 Å². The summed E-state index contributed by atoms with van der Waals surface area (Å²) in [4.78, 5) is 18.7. The van der Waals surface area contributed by atoms with Gasteiger partial charge in [-0.2, -0.15) is 0 Å². The van der Waals surface area contributed by atoms with E-state index in [9.17, 15) is 4.79 Å². The summed E-state index contributed by atoms with van der Waals surface area (Å²) >= 11 is 3.12. The number of thiazole rings is 1. The Morgan fingerprint density at radius 1 is 1.55 bits per heavy atom. The molecule has 0 unspecified atom stereocenters. The van der Waals surface area contributed by atoms with E-state index in [0.717, 1.165) is 39.6 Å². The van der Waals surface area contributed by atoms with Crippen molar-refractivity contribution in [1.29, 1.82) is 0 Å². The molecule has 2 N–H and O–H groups in total. The van der Waals surface area contributed by atoms with Crippen LogP contribution in [-0.4, -0.2) is 34.1 Å². The van der Waals surface area contributed by atoms with Crippen LogP contribution >= 0.6 is 23.1 Å². The van der Waals surface area contributed by atoms with Gasteiger partial charge in [0, 0.05) is 18.3 Å². The topological polar surface area (TPSA) is 59.2 Å². The quantitative estimate of drug-likeness (QED) is 0.681. The first-order valence-electron chi connectivity index (χ1n) is 6.75. The molecule has 6 heteroatoms. The summed E-state index contributed by atoms with van der Waals surface area (Å²) in [5.74, 6) is 0.693. The molecule has 1 amide bonds. The van der Waals surface area contributed by atoms with Gasteiger partial charge in [0.1, 0.15) is 0 Å². The van der Waals surface area contributed by atoms with Crippen LogP contribution in [0.25, 0.3) is 10.2 Å². The lowest BCUT2D eigenvalue weighted by Crippen LogP contribution is -2.34. The van der Waals surface area contributed by atoms with Gasteiger partial charge in [-0.25, -0.2) is 4.98 Å². The fraction of sp³-hybridized carbons (Fsp3) is 0.429. The third kappa shape index (κ3) is 2.91. The number of thioether (sulfide) groups is 1. The average Bonchev–Trinajstić information content (AvgIpc) is 3.17. The number of nitrogens with two attached hydrogens (primary N) is 1. The highest BCUT2D eigenvalue weighted by molar-refractivity contribution is 8.01. The van der Waals surface area contributed by atoms with E-state index in [-0.39, 0.29) is 5.91 Å². The summed E-state index contributed by atoms with van der Waals surface area (Å²) in [6, 6.07) is 6.20. The van der Waals surface area contributed by atoms with E-state index >= 15 is 0 Å². The van der Waals surface area contributed by atoms with Gasteiger partial charge in [0.15, 0.2) is 4.34 Å². The van der Waals surface area contributed by atoms with Crippen LogP contribution < -0.4 is 5.73 Å². The lowest BCUT2D eigenvalue weighted by Gasteiger charge is -2.19. The third-order valence-electron chi connectivity index (χ3n) is 3.36. The molecule has 1 saturated carbocycles. The first-order valence-corrected chi connectivity index (χ1v) is 8.56. The summed E-state index contributed by atoms with van der Waals surface area (Å²) in [6.07, 6.45) is 2.31. The molecule has 2 aromatic rings. The Bertz CT molecular complexity index is 636. The predicted molar refractivity (Wildman–Crippen MR) is 85.2 cm³/mol. The normalized spacial score (nSPS) is 14.7. The monoisotopic (exact) mass is 307 g/mol. The number of benzene rings is 1. The molecule has 1 aromatic heterocycles. The lowest BCUT2D eigenvalue weighted by molar-refractivity contribution is -0.128. The van der Waals surface area contributed by atoms with Crippen LogP contribution in [0.15, 0.2) is 22.5 Å². The second kappa shape index (κ2) is 5.61. The smallest absolute Gasteiger partial charge is 0.233 e. The van der Waals surface area contributed by atoms with Crippen LogP contribution in [-0.2, 0) is 4.79 Å². The Balaban J connectivity index is 1.65. The largest absolute Gasteiger partial charge is 0.399 e. The van der Waals surface area contributed by atoms with Crippen molar-refractivity contribution in [3.05, 3.63) is 18.2 Å². The van der Waals surface area contributed by atoms with Crippen LogP contribution in [0.3, 0.4) is 0 Å². The van der Waals surface area contributed by atoms with E-state index in [2.05, 4.69) is 4.98 Å². The van der Waals surface area contributed by atoms with Crippen molar-refractivity contribution in [3.63, 3.8) is 0 Å². The molecule has 0 radical (unpaired) electrons. The molecule has 1 aromatic carbocycles. The number of fused-ring (bicyclic) bond motifs is 1. The summed E-state index contributed by atoms with van der Waals surface area (Å²) in [5, 5.41) is 0. The summed E-state index contributed by atoms with van der Waals surface area (Å²) in [7, 11) is 0. The number of anilines is 1. The van der Waals surface area contributed by atoms with Gasteiger partial charge in [0.05, 0.1) is 16.0 Å². The van der Waals surface area contributed by atoms with E-state index < -0.39 is 0 Å². The zero-order valence-electron chi connectivity index (χ0n) is 11.3. The number of nitrogen functional groups attached to an aromatic ring is 1. The number of amides is 1. The summed E-state index contributed by atoms with van der Waals surface area (Å²) in [5.41, 5.74) is 7.47. The van der Waals surface area contributed by atoms with Gasteiger partial charge in [0.25, 0.3) is 0 Å². The van der Waals surface area contributed by atoms with Crippen LogP contribution in [0.2, 0.25) is 0 Å². The maximum atomic E-state index is 12.2. The molecular weight excluding hydrogens is 290 g/mol. The van der Waals surface area contributed by atoms with Gasteiger partial charge in [-0.3, -0.25) is 4.79 Å². The van der Waals surface area contributed by atoms with Crippen molar-refractivity contribution < 1.29 is 4.79 Å². The molecule has 0 atom stereocenters. The number of carbonyl (C=O) groups is 1. The minimum absolute atomic E-state index is 0.221. The van der Waals surface area contributed by atoms with Crippen LogP contribution in [0.1, 0.15) is 19.8 Å². The Morgan fingerprint density at radius 3 is 3.05 bits per heavy atom. The van der Waals surface area contributed by atoms with Gasteiger partial charge in [-0.15, -0.1) is 11.3 Å². The number of carbonyl (C=O) groups excluding carboxylic acids is 1. The van der Waals surface area contributed by atoms with Gasteiger partial charge >= 0.3 is 0 Å². The minimum atomic E-state index is 0.221. The van der Waals surface area contributed by atoms with Crippen LogP contribution in [0.4, 0.5) is 5.69 Å². The molecule has 0 saturated heterocycles. The Labute approximate surface area is 126 Å². The zero-order chi connectivity index (χ0) is 14.1. The standard InChI is InChI=1S/C14H17N3OS2/c1-2-17(10-4-5-10)13(18)8-19-14-16-11-6-3-9(15)7-12(11)20-14/h3,6-7,10H,2,4-5,8,15H2,1H3. The van der Waals surface area contributed by atoms with Crippen LogP contribution in [0.5, 0.6) is 0 Å². The average molecular weight is 307 g/mol. The molecular formula is C14H17N3OS2. The Hall–Kier alpha value is -1.27. The second-order valence-electron chi connectivity index (χ2n) is 4.91. The Kier molecular flexibility index (Phi) is 3.85. The van der Waals surface area contributed by atoms with Crippen molar-refractivity contribution in [2.24, 2.45) is 0 Å². The van der Waals surface area contributed by atoms with Crippen molar-refractivity contribution in [2.75, 3.05) is 18.0 Å². The number of nitrogens with zero attached hydrogens (tertiary/aromatic N) is 2. The van der Waals surface area contributed by atoms with Gasteiger partial charge in [-0.05, 0) is 38.0 Å². The molecule has 0 aliphatic heterocycles. The number of aromatic nitrogens is 1. The molecule has 1 fully saturated rings. The second-order valence-corrected chi connectivity index (χ2v) is 7.16. The number of hydrogen-bond acceptors (Lipinski definition) is 5. The van der Waals surface area contributed by atoms with Crippen LogP contribution in [0, 0.1) is 0 Å². The van der Waals surface area contributed by atoms with E-state index in [0.29, 0.717) is 11.8 Å². The summed E-state index contributed by atoms with van der Waals surface area (Å²) < 4.78 is 2.01. The van der Waals surface area contributed by atoms with Crippen molar-refractivity contribution in [1.82, 2.24) is 9.88 Å². The molecule has 1 aliphatic carbocycles. The highest BCUT2D eigenvalue weighted by Gasteiger charge is 2.31. The van der Waals surface area contributed by atoms with Crippen molar-refractivity contribution in [3.8, 4) is 0 Å². The molecule has 4 nitrogen and oxygen atoms in total. The highest BCUT2D eigenvalue weighted by atomic mass is 32.2.